The van der Waals surface area contributed by atoms with Crippen molar-refractivity contribution in [3.8, 4) is 0 Å². The minimum absolute atomic E-state index is 0.0839. The van der Waals surface area contributed by atoms with Crippen LogP contribution < -0.4 is 5.32 Å². The summed E-state index contributed by atoms with van der Waals surface area (Å²) in [5.41, 5.74) is 0.391. The van der Waals surface area contributed by atoms with E-state index in [4.69, 9.17) is 10.2 Å². The van der Waals surface area contributed by atoms with E-state index in [0.717, 1.165) is 12.8 Å². The SMILES string of the molecule is O=C(O)CC(C(=O)O)C1=CNC2CCCC(F)C12. The van der Waals surface area contributed by atoms with E-state index in [9.17, 15) is 14.0 Å². The summed E-state index contributed by atoms with van der Waals surface area (Å²) in [4.78, 5) is 21.9. The van der Waals surface area contributed by atoms with Gasteiger partial charge in [-0.05, 0) is 31.0 Å². The molecule has 1 heterocycles. The van der Waals surface area contributed by atoms with Crippen LogP contribution in [0.1, 0.15) is 25.7 Å². The molecule has 0 saturated heterocycles. The van der Waals surface area contributed by atoms with Gasteiger partial charge >= 0.3 is 11.9 Å². The van der Waals surface area contributed by atoms with E-state index in [1.54, 1.807) is 0 Å². The van der Waals surface area contributed by atoms with Crippen LogP contribution >= 0.6 is 0 Å². The predicted molar refractivity (Wildman–Crippen MR) is 60.6 cm³/mol. The van der Waals surface area contributed by atoms with Crippen LogP contribution in [0.15, 0.2) is 11.8 Å². The van der Waals surface area contributed by atoms with Crippen LogP contribution in [-0.4, -0.2) is 34.4 Å². The first-order valence-corrected chi connectivity index (χ1v) is 6.05. The molecule has 5 nitrogen and oxygen atoms in total. The number of carboxylic acids is 2. The smallest absolute Gasteiger partial charge is 0.311 e. The molecule has 100 valence electrons. The summed E-state index contributed by atoms with van der Waals surface area (Å²) >= 11 is 0. The Kier molecular flexibility index (Phi) is 3.54. The average molecular weight is 257 g/mol. The zero-order valence-corrected chi connectivity index (χ0v) is 9.80. The van der Waals surface area contributed by atoms with Gasteiger partial charge in [0.2, 0.25) is 0 Å². The molecule has 0 bridgehead atoms. The number of hydrogen-bond acceptors (Lipinski definition) is 3. The molecule has 0 spiro atoms. The maximum atomic E-state index is 13.9. The first-order chi connectivity index (χ1) is 8.50. The number of rotatable bonds is 4. The Labute approximate surface area is 104 Å². The molecule has 0 amide bonds. The second-order valence-electron chi connectivity index (χ2n) is 4.88. The standard InChI is InChI=1S/C12H16FNO4/c13-8-2-1-3-9-11(8)7(5-14-9)6(12(17)18)4-10(15)16/h5-6,8-9,11,14H,1-4H2,(H,15,16)(H,17,18). The maximum absolute atomic E-state index is 13.9. The van der Waals surface area contributed by atoms with Gasteiger partial charge < -0.3 is 15.5 Å². The monoisotopic (exact) mass is 257 g/mol. The summed E-state index contributed by atoms with van der Waals surface area (Å²) in [7, 11) is 0. The van der Waals surface area contributed by atoms with Crippen molar-refractivity contribution in [2.75, 3.05) is 0 Å². The molecular formula is C12H16FNO4. The van der Waals surface area contributed by atoms with Crippen molar-refractivity contribution in [2.24, 2.45) is 11.8 Å². The van der Waals surface area contributed by atoms with E-state index in [-0.39, 0.29) is 6.04 Å². The molecule has 1 aliphatic carbocycles. The Morgan fingerprint density at radius 2 is 2.17 bits per heavy atom. The Bertz CT molecular complexity index is 396. The minimum atomic E-state index is -1.20. The van der Waals surface area contributed by atoms with Crippen molar-refractivity contribution in [2.45, 2.75) is 37.9 Å². The van der Waals surface area contributed by atoms with E-state index in [0.29, 0.717) is 12.0 Å². The van der Waals surface area contributed by atoms with Crippen molar-refractivity contribution >= 4 is 11.9 Å². The zero-order valence-electron chi connectivity index (χ0n) is 9.80. The van der Waals surface area contributed by atoms with Gasteiger partial charge in [0.15, 0.2) is 0 Å². The summed E-state index contributed by atoms with van der Waals surface area (Å²) in [5.74, 6) is -4.01. The molecule has 2 aliphatic rings. The van der Waals surface area contributed by atoms with Crippen LogP contribution in [0.3, 0.4) is 0 Å². The normalized spacial score (nSPS) is 32.1. The lowest BCUT2D eigenvalue weighted by atomic mass is 9.76. The van der Waals surface area contributed by atoms with Crippen LogP contribution in [0, 0.1) is 11.8 Å². The third kappa shape index (κ3) is 2.32. The highest BCUT2D eigenvalue weighted by molar-refractivity contribution is 5.80. The summed E-state index contributed by atoms with van der Waals surface area (Å²) in [6.45, 7) is 0. The molecule has 18 heavy (non-hydrogen) atoms. The fraction of sp³-hybridized carbons (Fsp3) is 0.667. The fourth-order valence-electron chi connectivity index (χ4n) is 2.93. The molecule has 2 rings (SSSR count). The minimum Gasteiger partial charge on any atom is -0.481 e. The molecule has 1 saturated carbocycles. The van der Waals surface area contributed by atoms with Gasteiger partial charge in [-0.15, -0.1) is 0 Å². The lowest BCUT2D eigenvalue weighted by Gasteiger charge is -2.32. The number of halogens is 1. The highest BCUT2D eigenvalue weighted by atomic mass is 19.1. The van der Waals surface area contributed by atoms with Crippen LogP contribution in [0.5, 0.6) is 0 Å². The van der Waals surface area contributed by atoms with E-state index in [2.05, 4.69) is 5.32 Å². The van der Waals surface area contributed by atoms with E-state index < -0.39 is 36.4 Å². The highest BCUT2D eigenvalue weighted by Gasteiger charge is 2.43. The van der Waals surface area contributed by atoms with Gasteiger partial charge in [-0.1, -0.05) is 0 Å². The van der Waals surface area contributed by atoms with E-state index in [1.165, 1.54) is 6.20 Å². The summed E-state index contributed by atoms with van der Waals surface area (Å²) in [6.07, 6.45) is 1.91. The summed E-state index contributed by atoms with van der Waals surface area (Å²) < 4.78 is 13.9. The number of fused-ring (bicyclic) bond motifs is 1. The van der Waals surface area contributed by atoms with Crippen LogP contribution in [0.25, 0.3) is 0 Å². The van der Waals surface area contributed by atoms with Crippen molar-refractivity contribution in [3.63, 3.8) is 0 Å². The third-order valence-corrected chi connectivity index (χ3v) is 3.75. The molecule has 3 N–H and O–H groups in total. The molecule has 4 atom stereocenters. The van der Waals surface area contributed by atoms with Crippen LogP contribution in [0.2, 0.25) is 0 Å². The molecule has 1 fully saturated rings. The van der Waals surface area contributed by atoms with Crippen molar-refractivity contribution in [3.05, 3.63) is 11.8 Å². The van der Waals surface area contributed by atoms with Gasteiger partial charge in [-0.2, -0.15) is 0 Å². The molecule has 0 aromatic heterocycles. The Morgan fingerprint density at radius 3 is 2.78 bits per heavy atom. The topological polar surface area (TPSA) is 86.6 Å². The lowest BCUT2D eigenvalue weighted by molar-refractivity contribution is -0.147. The number of carbonyl (C=O) groups is 2. The molecule has 0 aromatic carbocycles. The average Bonchev–Trinajstić information content (AvgIpc) is 2.70. The van der Waals surface area contributed by atoms with E-state index in [1.807, 2.05) is 0 Å². The largest absolute Gasteiger partial charge is 0.481 e. The number of aliphatic carboxylic acids is 2. The fourth-order valence-corrected chi connectivity index (χ4v) is 2.93. The Hall–Kier alpha value is -1.59. The second kappa shape index (κ2) is 4.96. The quantitative estimate of drug-likeness (QED) is 0.703. The molecule has 0 aromatic rings. The van der Waals surface area contributed by atoms with Gasteiger partial charge in [-0.25, -0.2) is 4.39 Å². The Morgan fingerprint density at radius 1 is 1.44 bits per heavy atom. The van der Waals surface area contributed by atoms with Gasteiger partial charge in [0, 0.05) is 12.0 Å². The van der Waals surface area contributed by atoms with Gasteiger partial charge in [0.25, 0.3) is 0 Å². The Balaban J connectivity index is 2.20. The van der Waals surface area contributed by atoms with Crippen molar-refractivity contribution in [1.82, 2.24) is 5.32 Å². The van der Waals surface area contributed by atoms with Gasteiger partial charge in [0.1, 0.15) is 6.17 Å². The molecule has 6 heteroatoms. The third-order valence-electron chi connectivity index (χ3n) is 3.75. The van der Waals surface area contributed by atoms with Gasteiger partial charge in [-0.3, -0.25) is 9.59 Å². The highest BCUT2D eigenvalue weighted by Crippen LogP contribution is 2.40. The van der Waals surface area contributed by atoms with Crippen LogP contribution in [-0.2, 0) is 9.59 Å². The number of hydrogen-bond donors (Lipinski definition) is 3. The zero-order chi connectivity index (χ0) is 13.3. The van der Waals surface area contributed by atoms with Crippen molar-refractivity contribution < 1.29 is 24.2 Å². The molecular weight excluding hydrogens is 241 g/mol. The predicted octanol–water partition coefficient (Wildman–Crippen LogP) is 1.16. The van der Waals surface area contributed by atoms with Gasteiger partial charge in [0.05, 0.1) is 12.3 Å². The maximum Gasteiger partial charge on any atom is 0.311 e. The number of alkyl halides is 1. The summed E-state index contributed by atoms with van der Waals surface area (Å²) in [5, 5.41) is 20.8. The first-order valence-electron chi connectivity index (χ1n) is 6.05. The number of carboxylic acid groups (broad SMARTS) is 2. The summed E-state index contributed by atoms with van der Waals surface area (Å²) in [6, 6.07) is -0.0839. The van der Waals surface area contributed by atoms with Crippen LogP contribution in [0.4, 0.5) is 4.39 Å². The van der Waals surface area contributed by atoms with Crippen molar-refractivity contribution in [1.29, 1.82) is 0 Å². The molecule has 4 unspecified atom stereocenters. The van der Waals surface area contributed by atoms with E-state index >= 15 is 0 Å². The lowest BCUT2D eigenvalue weighted by Crippen LogP contribution is -2.39. The molecule has 0 radical (unpaired) electrons. The first kappa shape index (κ1) is 12.9. The molecule has 1 aliphatic heterocycles. The second-order valence-corrected chi connectivity index (χ2v) is 4.88. The number of nitrogens with one attached hydrogen (secondary N) is 1.